The smallest absolute Gasteiger partial charge is 0.350 e. The minimum atomic E-state index is -0.751. The van der Waals surface area contributed by atoms with Crippen LogP contribution < -0.4 is 14.8 Å². The molecule has 0 saturated carbocycles. The van der Waals surface area contributed by atoms with Crippen molar-refractivity contribution in [2.24, 2.45) is 0 Å². The van der Waals surface area contributed by atoms with Crippen LogP contribution in [0.2, 0.25) is 0 Å². The largest absolute Gasteiger partial charge is 0.494 e. The summed E-state index contributed by atoms with van der Waals surface area (Å²) in [7, 11) is 1.28. The molecule has 0 fully saturated rings. The number of hydrogen-bond acceptors (Lipinski definition) is 6. The molecule has 0 saturated heterocycles. The third kappa shape index (κ3) is 3.80. The molecule has 0 bridgehead atoms. The first kappa shape index (κ1) is 17.3. The van der Waals surface area contributed by atoms with E-state index in [4.69, 9.17) is 9.47 Å². The van der Waals surface area contributed by atoms with E-state index in [1.807, 2.05) is 6.92 Å². The second-order valence-electron chi connectivity index (χ2n) is 4.88. The Bertz CT molecular complexity index is 726. The lowest BCUT2D eigenvalue weighted by Crippen LogP contribution is -2.24. The van der Waals surface area contributed by atoms with Crippen molar-refractivity contribution in [1.82, 2.24) is 9.78 Å². The highest BCUT2D eigenvalue weighted by Gasteiger charge is 2.25. The zero-order valence-corrected chi connectivity index (χ0v) is 13.6. The number of methoxy groups -OCH3 is 1. The lowest BCUT2D eigenvalue weighted by molar-refractivity contribution is -0.385. The highest BCUT2D eigenvalue weighted by Crippen LogP contribution is 2.26. The van der Waals surface area contributed by atoms with Crippen molar-refractivity contribution in [3.63, 3.8) is 0 Å². The monoisotopic (exact) mass is 334 g/mol. The van der Waals surface area contributed by atoms with E-state index >= 15 is 0 Å². The molecule has 1 unspecified atom stereocenters. The zero-order valence-electron chi connectivity index (χ0n) is 13.6. The quantitative estimate of drug-likeness (QED) is 0.615. The van der Waals surface area contributed by atoms with Gasteiger partial charge in [0, 0.05) is 5.69 Å². The summed E-state index contributed by atoms with van der Waals surface area (Å²) in [5.74, 6) is 0.205. The summed E-state index contributed by atoms with van der Waals surface area (Å²) in [6, 6.07) is 6.15. The third-order valence-corrected chi connectivity index (χ3v) is 3.28. The summed E-state index contributed by atoms with van der Waals surface area (Å²) in [6.07, 6.45) is 1.17. The molecule has 1 atom stereocenters. The number of rotatable bonds is 7. The van der Waals surface area contributed by atoms with Gasteiger partial charge in [0.05, 0.1) is 18.6 Å². The Hall–Kier alpha value is -3.10. The lowest BCUT2D eigenvalue weighted by atomic mass is 10.2. The predicted octanol–water partition coefficient (Wildman–Crippen LogP) is 2.40. The minimum Gasteiger partial charge on any atom is -0.494 e. The summed E-state index contributed by atoms with van der Waals surface area (Å²) < 4.78 is 11.4. The molecule has 128 valence electrons. The molecule has 1 amide bonds. The molecule has 9 heteroatoms. The number of ether oxygens (including phenoxy) is 2. The van der Waals surface area contributed by atoms with Gasteiger partial charge in [-0.25, -0.2) is 4.68 Å². The third-order valence-electron chi connectivity index (χ3n) is 3.28. The fourth-order valence-corrected chi connectivity index (χ4v) is 2.00. The molecule has 1 aromatic heterocycles. The van der Waals surface area contributed by atoms with Gasteiger partial charge in [-0.2, -0.15) is 0 Å². The maximum Gasteiger partial charge on any atom is 0.350 e. The molecule has 2 rings (SSSR count). The molecule has 0 radical (unpaired) electrons. The van der Waals surface area contributed by atoms with Crippen molar-refractivity contribution in [3.8, 4) is 11.6 Å². The SMILES string of the molecule is CCOc1ccc(NC(=O)C(C)n2cc([N+](=O)[O-])c(OC)n2)cc1. The minimum absolute atomic E-state index is 0.138. The van der Waals surface area contributed by atoms with Gasteiger partial charge in [-0.1, -0.05) is 0 Å². The van der Waals surface area contributed by atoms with Crippen molar-refractivity contribution < 1.29 is 19.2 Å². The summed E-state index contributed by atoms with van der Waals surface area (Å²) >= 11 is 0. The molecule has 0 aliphatic heterocycles. The Labute approximate surface area is 138 Å². The number of anilines is 1. The van der Waals surface area contributed by atoms with Gasteiger partial charge in [0.2, 0.25) is 5.91 Å². The van der Waals surface area contributed by atoms with E-state index in [-0.39, 0.29) is 17.5 Å². The molecular weight excluding hydrogens is 316 g/mol. The van der Waals surface area contributed by atoms with Gasteiger partial charge in [0.25, 0.3) is 0 Å². The predicted molar refractivity (Wildman–Crippen MR) is 86.4 cm³/mol. The molecule has 0 aliphatic rings. The maximum absolute atomic E-state index is 12.3. The number of nitrogens with one attached hydrogen (secondary N) is 1. The van der Waals surface area contributed by atoms with Crippen LogP contribution >= 0.6 is 0 Å². The van der Waals surface area contributed by atoms with Crippen molar-refractivity contribution in [3.05, 3.63) is 40.6 Å². The van der Waals surface area contributed by atoms with E-state index in [1.165, 1.54) is 18.0 Å². The molecule has 9 nitrogen and oxygen atoms in total. The van der Waals surface area contributed by atoms with E-state index in [2.05, 4.69) is 10.4 Å². The fraction of sp³-hybridized carbons (Fsp3) is 0.333. The van der Waals surface area contributed by atoms with E-state index < -0.39 is 11.0 Å². The van der Waals surface area contributed by atoms with Crippen LogP contribution in [0.3, 0.4) is 0 Å². The van der Waals surface area contributed by atoms with Crippen LogP contribution in [0.1, 0.15) is 19.9 Å². The topological polar surface area (TPSA) is 109 Å². The number of carbonyl (C=O) groups excluding carboxylic acids is 1. The van der Waals surface area contributed by atoms with E-state index in [9.17, 15) is 14.9 Å². The number of hydrogen-bond donors (Lipinski definition) is 1. The van der Waals surface area contributed by atoms with Gasteiger partial charge in [-0.15, -0.1) is 5.10 Å². The van der Waals surface area contributed by atoms with Gasteiger partial charge < -0.3 is 14.8 Å². The van der Waals surface area contributed by atoms with Crippen LogP contribution in [0.4, 0.5) is 11.4 Å². The summed E-state index contributed by atoms with van der Waals surface area (Å²) in [5, 5.41) is 17.6. The van der Waals surface area contributed by atoms with E-state index in [0.717, 1.165) is 0 Å². The van der Waals surface area contributed by atoms with Crippen LogP contribution in [0.15, 0.2) is 30.5 Å². The zero-order chi connectivity index (χ0) is 17.7. The fourth-order valence-electron chi connectivity index (χ4n) is 2.00. The van der Waals surface area contributed by atoms with Crippen LogP contribution in [0.5, 0.6) is 11.6 Å². The first-order chi connectivity index (χ1) is 11.5. The Morgan fingerprint density at radius 3 is 2.58 bits per heavy atom. The molecule has 0 aliphatic carbocycles. The van der Waals surface area contributed by atoms with Gasteiger partial charge >= 0.3 is 11.6 Å². The maximum atomic E-state index is 12.3. The molecule has 1 N–H and O–H groups in total. The van der Waals surface area contributed by atoms with Gasteiger partial charge in [0.1, 0.15) is 18.0 Å². The number of nitrogens with zero attached hydrogens (tertiary/aromatic N) is 3. The Kier molecular flexibility index (Phi) is 5.35. The van der Waals surface area contributed by atoms with Gasteiger partial charge in [0.15, 0.2) is 0 Å². The Balaban J connectivity index is 2.10. The highest BCUT2D eigenvalue weighted by molar-refractivity contribution is 5.93. The van der Waals surface area contributed by atoms with Gasteiger partial charge in [-0.3, -0.25) is 14.9 Å². The standard InChI is InChI=1S/C15H18N4O5/c1-4-24-12-7-5-11(6-8-12)16-14(20)10(2)18-9-13(19(21)22)15(17-18)23-3/h5-10H,4H2,1-3H3,(H,16,20). The lowest BCUT2D eigenvalue weighted by Gasteiger charge is -2.12. The summed E-state index contributed by atoms with van der Waals surface area (Å²) in [5.41, 5.74) is 0.294. The number of aromatic nitrogens is 2. The van der Waals surface area contributed by atoms with Crippen LogP contribution in [-0.2, 0) is 4.79 Å². The first-order valence-corrected chi connectivity index (χ1v) is 7.27. The molecule has 1 aromatic carbocycles. The second-order valence-corrected chi connectivity index (χ2v) is 4.88. The molecule has 1 heterocycles. The summed E-state index contributed by atoms with van der Waals surface area (Å²) in [4.78, 5) is 22.6. The van der Waals surface area contributed by atoms with Crippen LogP contribution in [-0.4, -0.2) is 34.3 Å². The van der Waals surface area contributed by atoms with Crippen molar-refractivity contribution >= 4 is 17.3 Å². The number of carbonyl (C=O) groups is 1. The molecule has 2 aromatic rings. The van der Waals surface area contributed by atoms with Gasteiger partial charge in [-0.05, 0) is 38.1 Å². The Morgan fingerprint density at radius 2 is 2.08 bits per heavy atom. The van der Waals surface area contributed by atoms with Crippen LogP contribution in [0.25, 0.3) is 0 Å². The first-order valence-electron chi connectivity index (χ1n) is 7.27. The number of amides is 1. The number of benzene rings is 1. The average Bonchev–Trinajstić information content (AvgIpc) is 3.00. The number of nitro groups is 1. The average molecular weight is 334 g/mol. The molecule has 0 spiro atoms. The van der Waals surface area contributed by atoms with Crippen molar-refractivity contribution in [2.45, 2.75) is 19.9 Å². The summed E-state index contributed by atoms with van der Waals surface area (Å²) in [6.45, 7) is 4.03. The van der Waals surface area contributed by atoms with Crippen molar-refractivity contribution in [1.29, 1.82) is 0 Å². The molecular formula is C15H18N4O5. The Morgan fingerprint density at radius 1 is 1.42 bits per heavy atom. The highest BCUT2D eigenvalue weighted by atomic mass is 16.6. The molecule has 24 heavy (non-hydrogen) atoms. The van der Waals surface area contributed by atoms with Crippen LogP contribution in [0, 0.1) is 10.1 Å². The second kappa shape index (κ2) is 7.44. The van der Waals surface area contributed by atoms with E-state index in [1.54, 1.807) is 31.2 Å². The normalized spacial score (nSPS) is 11.6. The van der Waals surface area contributed by atoms with Crippen molar-refractivity contribution in [2.75, 3.05) is 19.0 Å². The van der Waals surface area contributed by atoms with E-state index in [0.29, 0.717) is 18.0 Å².